The minimum atomic E-state index is -0.285. The van der Waals surface area contributed by atoms with Gasteiger partial charge in [0.25, 0.3) is 0 Å². The number of nitrogens with one attached hydrogen (secondary N) is 2. The van der Waals surface area contributed by atoms with E-state index in [1.165, 1.54) is 266 Å². The quantitative estimate of drug-likeness (QED) is 0.0661. The van der Waals surface area contributed by atoms with Crippen LogP contribution in [0.2, 0.25) is 0 Å². The van der Waals surface area contributed by atoms with Gasteiger partial charge in [0.2, 0.25) is 5.91 Å². The second-order valence-corrected chi connectivity index (χ2v) is 60.5. The molecule has 0 atom stereocenters. The van der Waals surface area contributed by atoms with E-state index in [9.17, 15) is 4.79 Å². The molecule has 764 valence electrons. The maximum atomic E-state index is 11.6. The molecule has 0 aromatic carbocycles. The first-order chi connectivity index (χ1) is 56.4. The van der Waals surface area contributed by atoms with Gasteiger partial charge in [0.05, 0.1) is 0 Å². The monoisotopic (exact) mass is 1790 g/mol. The molecule has 0 bridgehead atoms. The minimum Gasteiger partial charge on any atom is -0.354 e. The summed E-state index contributed by atoms with van der Waals surface area (Å²) in [6, 6.07) is 0. The van der Waals surface area contributed by atoms with Crippen molar-refractivity contribution in [2.45, 2.75) is 480 Å². The zero-order chi connectivity index (χ0) is 98.2. The molecule has 7 fully saturated rings. The summed E-state index contributed by atoms with van der Waals surface area (Å²) in [6.45, 7) is 140. The first-order valence-electron chi connectivity index (χ1n) is 53.5. The molecule has 10 nitrogen and oxygen atoms in total. The van der Waals surface area contributed by atoms with Crippen molar-refractivity contribution in [2.24, 2.45) is 123 Å². The van der Waals surface area contributed by atoms with Gasteiger partial charge in [-0.1, -0.05) is 383 Å². The van der Waals surface area contributed by atoms with Crippen molar-refractivity contribution in [3.63, 3.8) is 0 Å². The Labute approximate surface area is 804 Å². The lowest BCUT2D eigenvalue weighted by atomic mass is 9.74. The van der Waals surface area contributed by atoms with E-state index < -0.39 is 0 Å². The Morgan fingerprint density at radius 1 is 0.220 bits per heavy atom. The molecule has 0 aromatic rings. The third-order valence-corrected chi connectivity index (χ3v) is 28.7. The maximum absolute atomic E-state index is 11.6. The number of carbonyl (C=O) groups excluding carboxylic acids is 1. The lowest BCUT2D eigenvalue weighted by Gasteiger charge is -2.52. The average molecular weight is 1790 g/mol. The zero-order valence-corrected chi connectivity index (χ0v) is 96.2. The summed E-state index contributed by atoms with van der Waals surface area (Å²) in [7, 11) is 0. The van der Waals surface area contributed by atoms with Crippen molar-refractivity contribution in [1.29, 1.82) is 0 Å². The van der Waals surface area contributed by atoms with Crippen LogP contribution >= 0.6 is 0 Å². The summed E-state index contributed by atoms with van der Waals surface area (Å²) in [5, 5.41) is 6.35. The summed E-state index contributed by atoms with van der Waals surface area (Å²) in [6.07, 6.45) is 28.7. The number of hydrogen-bond acceptors (Lipinski definition) is 9. The highest BCUT2D eigenvalue weighted by Crippen LogP contribution is 2.42. The van der Waals surface area contributed by atoms with Crippen LogP contribution in [0.4, 0.5) is 0 Å². The normalized spacial score (nSPS) is 18.9. The highest BCUT2D eigenvalue weighted by Gasteiger charge is 2.43. The van der Waals surface area contributed by atoms with Gasteiger partial charge in [-0.25, -0.2) is 0 Å². The Hall–Kier alpha value is -0.850. The van der Waals surface area contributed by atoms with Crippen molar-refractivity contribution < 1.29 is 4.79 Å². The van der Waals surface area contributed by atoms with Gasteiger partial charge >= 0.3 is 0 Å². The van der Waals surface area contributed by atoms with Gasteiger partial charge in [-0.3, -0.25) is 9.69 Å². The van der Waals surface area contributed by atoms with E-state index in [2.05, 4.69) is 357 Å². The fraction of sp³-hybridized carbons (Fsp3) is 0.991. The Balaban J connectivity index is 0. The molecule has 7 aliphatic rings. The third kappa shape index (κ3) is 66.3. The molecule has 0 aliphatic carbocycles. The topological polar surface area (TPSA) is 63.8 Å². The van der Waals surface area contributed by atoms with Crippen LogP contribution in [-0.2, 0) is 4.79 Å². The van der Waals surface area contributed by atoms with Gasteiger partial charge in [-0.15, -0.1) is 0 Å². The smallest absolute Gasteiger partial charge is 0.225 e. The summed E-state index contributed by atoms with van der Waals surface area (Å²) in [5.41, 5.74) is 7.19. The highest BCUT2D eigenvalue weighted by atomic mass is 16.2. The molecule has 127 heavy (non-hydrogen) atoms. The number of rotatable bonds is 31. The van der Waals surface area contributed by atoms with E-state index in [-0.39, 0.29) is 18.7 Å². The number of unbranched alkanes of at least 4 members (excludes halogenated alkanes) is 10. The summed E-state index contributed by atoms with van der Waals surface area (Å²) in [4.78, 5) is 29.9. The molecular weight excluding hydrogens is 1550 g/mol. The van der Waals surface area contributed by atoms with E-state index in [0.29, 0.717) is 81.3 Å². The number of carbonyl (C=O) groups is 1. The van der Waals surface area contributed by atoms with Gasteiger partial charge in [-0.05, 0) is 248 Å². The van der Waals surface area contributed by atoms with Crippen LogP contribution < -0.4 is 10.6 Å². The Morgan fingerprint density at radius 2 is 0.433 bits per heavy atom. The van der Waals surface area contributed by atoms with Crippen LogP contribution in [0.3, 0.4) is 0 Å². The van der Waals surface area contributed by atoms with Crippen LogP contribution in [0.5, 0.6) is 0 Å². The molecule has 2 N–H and O–H groups in total. The minimum absolute atomic E-state index is 0. The molecule has 0 aromatic heterocycles. The van der Waals surface area contributed by atoms with Gasteiger partial charge in [0.15, 0.2) is 0 Å². The first kappa shape index (κ1) is 128. The average Bonchev–Trinajstić information content (AvgIpc) is 0.778. The summed E-state index contributed by atoms with van der Waals surface area (Å²) in [5.74, 6) is 6.56. The van der Waals surface area contributed by atoms with E-state index in [1.54, 1.807) is 0 Å². The van der Waals surface area contributed by atoms with Crippen molar-refractivity contribution in [3.05, 3.63) is 0 Å². The molecular formula is C117H245N9O. The molecule has 7 saturated heterocycles. The van der Waals surface area contributed by atoms with Crippen LogP contribution in [0.1, 0.15) is 475 Å². The van der Waals surface area contributed by atoms with Crippen LogP contribution in [0.25, 0.3) is 0 Å². The van der Waals surface area contributed by atoms with Crippen molar-refractivity contribution in [3.8, 4) is 0 Å². The Morgan fingerprint density at radius 3 is 0.693 bits per heavy atom. The van der Waals surface area contributed by atoms with Gasteiger partial charge in [0, 0.05) is 122 Å². The SMILES string of the molecule is C.CC(C)(C)C1CN(C(C)(C)C)C1.CC(C)(C)CCCCCCCNCCNC(=O)C(C)(C)C.CC(C)(C)CCCCCCN1CC(C(C)(C)C)C1.CC(C)(C)CCCCCN1CC(C(C)(C)C)C1.CC(C)(C)CCCCN1CC(C(C)(C)C)C1.CC(C)(C)CCCN1CC(C(C)(C)C)C1.CC(C)(C)CCN1CC(C(C)(C)C)C1.CC(C)(C)CN1CC(C(C)(C)C)C1. The molecule has 7 aliphatic heterocycles. The number of likely N-dealkylation sites (tertiary alicyclic amines) is 7. The van der Waals surface area contributed by atoms with Gasteiger partial charge in [-0.2, -0.15) is 0 Å². The number of hydrogen-bond donors (Lipinski definition) is 2. The van der Waals surface area contributed by atoms with Gasteiger partial charge < -0.3 is 40.0 Å². The third-order valence-electron chi connectivity index (χ3n) is 28.7. The highest BCUT2D eigenvalue weighted by molar-refractivity contribution is 5.81. The molecule has 0 saturated carbocycles. The van der Waals surface area contributed by atoms with Crippen molar-refractivity contribution in [1.82, 2.24) is 44.9 Å². The fourth-order valence-corrected chi connectivity index (χ4v) is 16.9. The van der Waals surface area contributed by atoms with E-state index in [4.69, 9.17) is 0 Å². The standard InChI is InChI=1S/C18H38N2O.C17H35N.C16H33N.C15H31N.C14H29N.C13H27N.C12H25N.C11H23N.CH4/c1-17(2,3)12-10-8-7-9-11-13-19-14-15-20-16(21)18(4,5)6;1-16(2,3)11-9-7-8-10-12-18-13-15(14-18)17(4,5)6;1-15(2,3)10-8-7-9-11-17-12-14(13-17)16(4,5)6;1-14(2,3)9-7-8-10-16-11-13(12-16)15(4,5)6;1-13(2,3)8-7-9-15-10-12(11-15)14(4,5)6;1-12(2,3)7-8-14-9-11(10-14)13(4,5)6;1-11(2,3)9-13-7-10(8-13)12(4,5)6;1-10(2,3)9-7-12(8-9)11(4,5)6;/h19H,7-15H2,1-6H3,(H,20,21);15H,7-14H2,1-6H3;14H,7-13H2,1-6H3;13H,7-12H2,1-6H3;12H,7-11H2,1-6H3;11H,7-10H2,1-6H3;10H,7-9H2,1-6H3;9H,7-8H2,1-6H3;1H4. The van der Waals surface area contributed by atoms with E-state index in [0.717, 1.165) is 61.1 Å². The van der Waals surface area contributed by atoms with Crippen LogP contribution in [0, 0.1) is 123 Å². The van der Waals surface area contributed by atoms with E-state index >= 15 is 0 Å². The number of nitrogens with zero attached hydrogens (tertiary/aromatic N) is 7. The molecule has 1 amide bonds. The molecule has 0 unspecified atom stereocenters. The Bertz CT molecular complexity index is 2710. The van der Waals surface area contributed by atoms with Crippen LogP contribution in [0.15, 0.2) is 0 Å². The number of amides is 1. The fourth-order valence-electron chi connectivity index (χ4n) is 16.9. The van der Waals surface area contributed by atoms with Gasteiger partial charge in [0.1, 0.15) is 0 Å². The summed E-state index contributed by atoms with van der Waals surface area (Å²) < 4.78 is 0. The maximum Gasteiger partial charge on any atom is 0.225 e. The predicted molar refractivity (Wildman–Crippen MR) is 576 cm³/mol. The zero-order valence-electron chi connectivity index (χ0n) is 96.2. The summed E-state index contributed by atoms with van der Waals surface area (Å²) >= 11 is 0. The molecule has 0 spiro atoms. The molecule has 7 heterocycles. The predicted octanol–water partition coefficient (Wildman–Crippen LogP) is 31.4. The van der Waals surface area contributed by atoms with Crippen LogP contribution in [-0.4, -0.2) is 196 Å². The first-order valence-corrected chi connectivity index (χ1v) is 53.5. The lowest BCUT2D eigenvalue weighted by molar-refractivity contribution is -0.128. The second kappa shape index (κ2) is 55.7. The largest absolute Gasteiger partial charge is 0.354 e. The van der Waals surface area contributed by atoms with Crippen molar-refractivity contribution in [2.75, 3.05) is 151 Å². The van der Waals surface area contributed by atoms with E-state index in [1.807, 2.05) is 20.8 Å². The Kier molecular flexibility index (Phi) is 56.2. The molecule has 0 radical (unpaired) electrons. The molecule has 10 heteroatoms. The van der Waals surface area contributed by atoms with Crippen molar-refractivity contribution >= 4 is 5.91 Å². The second-order valence-electron chi connectivity index (χ2n) is 60.5. The lowest BCUT2D eigenvalue weighted by Crippen LogP contribution is -2.59. The molecule has 7 rings (SSSR count).